The van der Waals surface area contributed by atoms with E-state index in [0.29, 0.717) is 5.13 Å². The van der Waals surface area contributed by atoms with E-state index in [4.69, 9.17) is 9.97 Å². The van der Waals surface area contributed by atoms with E-state index in [2.05, 4.69) is 31.1 Å². The van der Waals surface area contributed by atoms with Crippen molar-refractivity contribution in [1.82, 2.24) is 15.0 Å². The first-order valence-electron chi connectivity index (χ1n) is 10.3. The molecule has 6 rings (SSSR count). The molecule has 2 bridgehead atoms. The molecule has 6 heteroatoms. The highest BCUT2D eigenvalue weighted by Crippen LogP contribution is 2.70. The highest BCUT2D eigenvalue weighted by Gasteiger charge is 2.73. The number of benzene rings is 2. The van der Waals surface area contributed by atoms with Crippen molar-refractivity contribution in [2.24, 2.45) is 5.41 Å². The predicted molar refractivity (Wildman–Crippen MR) is 120 cm³/mol. The van der Waals surface area contributed by atoms with Crippen LogP contribution in [0.5, 0.6) is 0 Å². The molecule has 1 fully saturated rings. The Morgan fingerprint density at radius 2 is 1.50 bits per heavy atom. The summed E-state index contributed by atoms with van der Waals surface area (Å²) in [6, 6.07) is 15.9. The van der Waals surface area contributed by atoms with Gasteiger partial charge in [0.1, 0.15) is 0 Å². The summed E-state index contributed by atoms with van der Waals surface area (Å²) < 4.78 is 1.07. The summed E-state index contributed by atoms with van der Waals surface area (Å²) in [5.74, 6) is -0.0152. The van der Waals surface area contributed by atoms with Crippen LogP contribution in [0.4, 0.5) is 5.13 Å². The van der Waals surface area contributed by atoms with Crippen LogP contribution < -0.4 is 5.32 Å². The zero-order valence-corrected chi connectivity index (χ0v) is 18.0. The van der Waals surface area contributed by atoms with Gasteiger partial charge in [0, 0.05) is 5.41 Å². The van der Waals surface area contributed by atoms with Crippen molar-refractivity contribution in [2.75, 3.05) is 5.32 Å². The number of aromatic nitrogens is 3. The lowest BCUT2D eigenvalue weighted by Gasteiger charge is -2.39. The summed E-state index contributed by atoms with van der Waals surface area (Å²) in [5, 5.41) is 3.80. The molecule has 4 aromatic rings. The van der Waals surface area contributed by atoms with E-state index in [9.17, 15) is 4.79 Å². The monoisotopic (exact) mass is 414 g/mol. The molecule has 1 amide bonds. The van der Waals surface area contributed by atoms with E-state index in [1.807, 2.05) is 48.5 Å². The first-order chi connectivity index (χ1) is 14.4. The molecule has 2 aromatic carbocycles. The molecule has 1 saturated carbocycles. The zero-order chi connectivity index (χ0) is 20.7. The molecule has 2 aliphatic rings. The minimum absolute atomic E-state index is 0.0152. The fraction of sp³-hybridized carbons (Fsp3) is 0.333. The molecule has 2 aromatic heterocycles. The molecule has 0 saturated heterocycles. The summed E-state index contributed by atoms with van der Waals surface area (Å²) in [7, 11) is 0. The number of nitrogens with zero attached hydrogens (tertiary/aromatic N) is 3. The van der Waals surface area contributed by atoms with E-state index in [1.54, 1.807) is 0 Å². The fourth-order valence-electron chi connectivity index (χ4n) is 5.68. The Morgan fingerprint density at radius 3 is 2.20 bits per heavy atom. The third-order valence-corrected chi connectivity index (χ3v) is 8.80. The number of hydrogen-bond acceptors (Lipinski definition) is 5. The van der Waals surface area contributed by atoms with Gasteiger partial charge in [0.2, 0.25) is 5.91 Å². The molecule has 5 nitrogen and oxygen atoms in total. The summed E-state index contributed by atoms with van der Waals surface area (Å²) in [6.07, 6.45) is 1.69. The van der Waals surface area contributed by atoms with Crippen molar-refractivity contribution >= 4 is 43.6 Å². The van der Waals surface area contributed by atoms with Crippen molar-refractivity contribution < 1.29 is 4.79 Å². The van der Waals surface area contributed by atoms with Gasteiger partial charge in [-0.05, 0) is 42.5 Å². The van der Waals surface area contributed by atoms with Crippen molar-refractivity contribution in [1.29, 1.82) is 0 Å². The molecule has 0 aliphatic heterocycles. The molecule has 0 spiro atoms. The molecule has 2 heterocycles. The third-order valence-electron chi connectivity index (χ3n) is 7.85. The summed E-state index contributed by atoms with van der Waals surface area (Å²) in [4.78, 5) is 28.6. The smallest absolute Gasteiger partial charge is 0.239 e. The van der Waals surface area contributed by atoms with Crippen molar-refractivity contribution in [2.45, 2.75) is 44.4 Å². The zero-order valence-electron chi connectivity index (χ0n) is 17.2. The second kappa shape index (κ2) is 5.64. The number of carbonyl (C=O) groups is 1. The van der Waals surface area contributed by atoms with Crippen LogP contribution in [0, 0.1) is 5.41 Å². The predicted octanol–water partition coefficient (Wildman–Crippen LogP) is 5.21. The minimum Gasteiger partial charge on any atom is -0.301 e. The topological polar surface area (TPSA) is 67.8 Å². The number of rotatable bonds is 2. The lowest BCUT2D eigenvalue weighted by atomic mass is 9.63. The van der Waals surface area contributed by atoms with E-state index in [1.165, 1.54) is 11.3 Å². The molecule has 2 atom stereocenters. The first-order valence-corrected chi connectivity index (χ1v) is 11.1. The van der Waals surface area contributed by atoms with Crippen LogP contribution >= 0.6 is 11.3 Å². The summed E-state index contributed by atoms with van der Waals surface area (Å²) in [6.45, 7) is 6.65. The highest BCUT2D eigenvalue weighted by atomic mass is 32.1. The van der Waals surface area contributed by atoms with Gasteiger partial charge < -0.3 is 5.32 Å². The summed E-state index contributed by atoms with van der Waals surface area (Å²) >= 11 is 1.51. The van der Waals surface area contributed by atoms with Gasteiger partial charge in [-0.3, -0.25) is 4.79 Å². The van der Waals surface area contributed by atoms with Crippen LogP contribution in [-0.2, 0) is 15.6 Å². The lowest BCUT2D eigenvalue weighted by Crippen LogP contribution is -2.48. The van der Waals surface area contributed by atoms with Crippen LogP contribution in [0.25, 0.3) is 21.3 Å². The average molecular weight is 415 g/mol. The second-order valence-electron chi connectivity index (χ2n) is 9.21. The molecule has 2 aliphatic carbocycles. The van der Waals surface area contributed by atoms with Crippen LogP contribution in [0.15, 0.2) is 48.5 Å². The highest BCUT2D eigenvalue weighted by molar-refractivity contribution is 7.22. The van der Waals surface area contributed by atoms with Gasteiger partial charge in [-0.15, -0.1) is 0 Å². The lowest BCUT2D eigenvalue weighted by molar-refractivity contribution is -0.125. The summed E-state index contributed by atoms with van der Waals surface area (Å²) in [5.41, 5.74) is 3.26. The van der Waals surface area contributed by atoms with E-state index in [0.717, 1.165) is 45.5 Å². The number of amides is 1. The van der Waals surface area contributed by atoms with E-state index < -0.39 is 5.41 Å². The molecule has 2 unspecified atom stereocenters. The largest absolute Gasteiger partial charge is 0.301 e. The molecule has 0 radical (unpaired) electrons. The first kappa shape index (κ1) is 18.0. The van der Waals surface area contributed by atoms with Crippen LogP contribution in [0.1, 0.15) is 45.0 Å². The number of thiazole rings is 1. The van der Waals surface area contributed by atoms with E-state index in [-0.39, 0.29) is 16.7 Å². The standard InChI is InChI=1S/C24H22N4OS/c1-22(2)23(3)12-13-24(22,19-18(23)25-14-8-4-5-9-15(14)26-19)20(29)28-21-27-16-10-6-7-11-17(16)30-21/h4-11H,12-13H2,1-3H3,(H,27,28,29). The molecular formula is C24H22N4OS. The number of anilines is 1. The van der Waals surface area contributed by atoms with Gasteiger partial charge in [0.25, 0.3) is 0 Å². The van der Waals surface area contributed by atoms with Gasteiger partial charge >= 0.3 is 0 Å². The molecule has 150 valence electrons. The van der Waals surface area contributed by atoms with Crippen molar-refractivity contribution in [3.8, 4) is 0 Å². The SMILES string of the molecule is CC12CCC(C(=O)Nc3nc4ccccc4s3)(c3nc4ccccc4nc31)C2(C)C. The van der Waals surface area contributed by atoms with Gasteiger partial charge in [-0.25, -0.2) is 15.0 Å². The maximum Gasteiger partial charge on any atom is 0.239 e. The average Bonchev–Trinajstić information content (AvgIpc) is 3.28. The van der Waals surface area contributed by atoms with Gasteiger partial charge in [0.15, 0.2) is 5.13 Å². The third kappa shape index (κ3) is 1.97. The Labute approximate surface area is 178 Å². The maximum absolute atomic E-state index is 13.9. The Balaban J connectivity index is 1.52. The van der Waals surface area contributed by atoms with E-state index >= 15 is 0 Å². The van der Waals surface area contributed by atoms with Crippen molar-refractivity contribution in [3.63, 3.8) is 0 Å². The normalized spacial score (nSPS) is 26.2. The maximum atomic E-state index is 13.9. The molecular weight excluding hydrogens is 392 g/mol. The number of hydrogen-bond donors (Lipinski definition) is 1. The Kier molecular flexibility index (Phi) is 3.37. The van der Waals surface area contributed by atoms with Crippen molar-refractivity contribution in [3.05, 3.63) is 59.9 Å². The van der Waals surface area contributed by atoms with Gasteiger partial charge in [-0.1, -0.05) is 56.4 Å². The fourth-order valence-corrected chi connectivity index (χ4v) is 6.54. The number of para-hydroxylation sites is 3. The second-order valence-corrected chi connectivity index (χ2v) is 10.2. The van der Waals surface area contributed by atoms with Crippen LogP contribution in [-0.4, -0.2) is 20.9 Å². The van der Waals surface area contributed by atoms with Gasteiger partial charge in [0.05, 0.1) is 38.1 Å². The minimum atomic E-state index is -0.716. The molecule has 30 heavy (non-hydrogen) atoms. The Bertz CT molecular complexity index is 1330. The quantitative estimate of drug-likeness (QED) is 0.489. The number of carbonyl (C=O) groups excluding carboxylic acids is 1. The number of fused-ring (bicyclic) bond motifs is 7. The Morgan fingerprint density at radius 1 is 0.867 bits per heavy atom. The van der Waals surface area contributed by atoms with Crippen LogP contribution in [0.3, 0.4) is 0 Å². The number of nitrogens with one attached hydrogen (secondary N) is 1. The van der Waals surface area contributed by atoms with Gasteiger partial charge in [-0.2, -0.15) is 0 Å². The molecule has 1 N–H and O–H groups in total. The van der Waals surface area contributed by atoms with Crippen LogP contribution in [0.2, 0.25) is 0 Å². The Hall–Kier alpha value is -2.86.